The third-order valence-electron chi connectivity index (χ3n) is 4.25. The van der Waals surface area contributed by atoms with Crippen molar-refractivity contribution in [3.8, 4) is 17.0 Å². The summed E-state index contributed by atoms with van der Waals surface area (Å²) in [5.74, 6) is -0.738. The van der Waals surface area contributed by atoms with Gasteiger partial charge in [0.25, 0.3) is 0 Å². The molecular formula is C20H19NO4. The van der Waals surface area contributed by atoms with Gasteiger partial charge in [0.05, 0.1) is 24.4 Å². The molecule has 2 aromatic carbocycles. The molecule has 1 atom stereocenters. The molecule has 0 fully saturated rings. The molecule has 0 bridgehead atoms. The van der Waals surface area contributed by atoms with Gasteiger partial charge < -0.3 is 14.9 Å². The van der Waals surface area contributed by atoms with E-state index in [2.05, 4.69) is 4.98 Å². The average Bonchev–Trinajstić information content (AvgIpc) is 2.60. The molecule has 0 radical (unpaired) electrons. The van der Waals surface area contributed by atoms with Gasteiger partial charge in [-0.15, -0.1) is 0 Å². The number of fused-ring (bicyclic) bond motifs is 1. The molecule has 0 aliphatic rings. The van der Waals surface area contributed by atoms with Gasteiger partial charge >= 0.3 is 5.97 Å². The van der Waals surface area contributed by atoms with Crippen LogP contribution in [0.2, 0.25) is 0 Å². The molecule has 0 amide bonds. The minimum atomic E-state index is -1.05. The summed E-state index contributed by atoms with van der Waals surface area (Å²) in [5, 5.41) is 20.2. The number of rotatable bonds is 4. The summed E-state index contributed by atoms with van der Waals surface area (Å²) in [6, 6.07) is 12.6. The number of nitrogens with zero attached hydrogens (tertiary/aromatic N) is 1. The highest BCUT2D eigenvalue weighted by atomic mass is 16.5. The first-order valence-corrected chi connectivity index (χ1v) is 7.91. The fraction of sp³-hybridized carbons (Fsp3) is 0.200. The van der Waals surface area contributed by atoms with E-state index in [-0.39, 0.29) is 5.56 Å². The molecule has 0 saturated heterocycles. The average molecular weight is 337 g/mol. The molecule has 0 aliphatic heterocycles. The van der Waals surface area contributed by atoms with Gasteiger partial charge in [0, 0.05) is 10.9 Å². The Labute approximate surface area is 145 Å². The number of benzene rings is 2. The minimum absolute atomic E-state index is 0.0947. The number of hydrogen-bond acceptors (Lipinski definition) is 4. The standard InChI is InChI=1S/C20H19NO4/c1-11-8-17(14-5-7-19(25-3)16(9-14)20(23)24)21-18-10-13(12(2)22)4-6-15(11)18/h4-10,12,22H,1-3H3,(H,23,24). The van der Waals surface area contributed by atoms with E-state index in [1.807, 2.05) is 31.2 Å². The lowest BCUT2D eigenvalue weighted by molar-refractivity contribution is 0.0693. The summed E-state index contributed by atoms with van der Waals surface area (Å²) in [5.41, 5.74) is 4.06. The number of aliphatic hydroxyl groups is 1. The van der Waals surface area contributed by atoms with Crippen molar-refractivity contribution >= 4 is 16.9 Å². The lowest BCUT2D eigenvalue weighted by Gasteiger charge is -2.11. The third kappa shape index (κ3) is 3.19. The van der Waals surface area contributed by atoms with Gasteiger partial charge in [0.2, 0.25) is 0 Å². The highest BCUT2D eigenvalue weighted by molar-refractivity contribution is 5.93. The van der Waals surface area contributed by atoms with Crippen molar-refractivity contribution < 1.29 is 19.7 Å². The van der Waals surface area contributed by atoms with Gasteiger partial charge in [-0.3, -0.25) is 0 Å². The Hall–Kier alpha value is -2.92. The Morgan fingerprint density at radius 3 is 2.56 bits per heavy atom. The first-order chi connectivity index (χ1) is 11.9. The molecule has 2 N–H and O–H groups in total. The van der Waals surface area contributed by atoms with E-state index in [0.29, 0.717) is 17.0 Å². The summed E-state index contributed by atoms with van der Waals surface area (Å²) < 4.78 is 5.10. The highest BCUT2D eigenvalue weighted by Gasteiger charge is 2.14. The number of carboxylic acids is 1. The van der Waals surface area contributed by atoms with Crippen LogP contribution >= 0.6 is 0 Å². The predicted molar refractivity (Wildman–Crippen MR) is 96.1 cm³/mol. The predicted octanol–water partition coefficient (Wildman–Crippen LogP) is 3.97. The number of pyridine rings is 1. The SMILES string of the molecule is COc1ccc(-c2cc(C)c3ccc(C(C)O)cc3n2)cc1C(=O)O. The molecule has 128 valence electrons. The second-order valence-electron chi connectivity index (χ2n) is 6.00. The van der Waals surface area contributed by atoms with Gasteiger partial charge in [-0.2, -0.15) is 0 Å². The number of carboxylic acid groups (broad SMARTS) is 1. The van der Waals surface area contributed by atoms with Crippen molar-refractivity contribution in [1.29, 1.82) is 0 Å². The number of aryl methyl sites for hydroxylation is 1. The molecule has 1 heterocycles. The number of hydrogen-bond donors (Lipinski definition) is 2. The molecule has 0 spiro atoms. The summed E-state index contributed by atoms with van der Waals surface area (Å²) in [7, 11) is 1.44. The van der Waals surface area contributed by atoms with Crippen LogP contribution in [0, 0.1) is 6.92 Å². The summed E-state index contributed by atoms with van der Waals surface area (Å²) in [4.78, 5) is 16.1. The second-order valence-corrected chi connectivity index (χ2v) is 6.00. The van der Waals surface area contributed by atoms with Gasteiger partial charge in [0.15, 0.2) is 0 Å². The normalized spacial score (nSPS) is 12.2. The number of methoxy groups -OCH3 is 1. The Morgan fingerprint density at radius 2 is 1.92 bits per heavy atom. The van der Waals surface area contributed by atoms with Crippen LogP contribution < -0.4 is 4.74 Å². The number of aromatic carboxylic acids is 1. The topological polar surface area (TPSA) is 79.7 Å². The number of carbonyl (C=O) groups is 1. The van der Waals surface area contributed by atoms with Crippen LogP contribution in [0.5, 0.6) is 5.75 Å². The fourth-order valence-electron chi connectivity index (χ4n) is 2.86. The number of aliphatic hydroxyl groups excluding tert-OH is 1. The van der Waals surface area contributed by atoms with Crippen LogP contribution in [-0.2, 0) is 0 Å². The first-order valence-electron chi connectivity index (χ1n) is 7.91. The third-order valence-corrected chi connectivity index (χ3v) is 4.25. The lowest BCUT2D eigenvalue weighted by atomic mass is 10.0. The minimum Gasteiger partial charge on any atom is -0.496 e. The van der Waals surface area contributed by atoms with Gasteiger partial charge in [0.1, 0.15) is 11.3 Å². The van der Waals surface area contributed by atoms with Gasteiger partial charge in [-0.25, -0.2) is 9.78 Å². The van der Waals surface area contributed by atoms with Crippen molar-refractivity contribution in [3.63, 3.8) is 0 Å². The fourth-order valence-corrected chi connectivity index (χ4v) is 2.86. The van der Waals surface area contributed by atoms with Crippen molar-refractivity contribution in [1.82, 2.24) is 4.98 Å². The maximum Gasteiger partial charge on any atom is 0.339 e. The highest BCUT2D eigenvalue weighted by Crippen LogP contribution is 2.29. The maximum atomic E-state index is 11.4. The number of aromatic nitrogens is 1. The van der Waals surface area contributed by atoms with Gasteiger partial charge in [-0.05, 0) is 55.3 Å². The molecule has 5 nitrogen and oxygen atoms in total. The van der Waals surface area contributed by atoms with E-state index in [1.54, 1.807) is 25.1 Å². The largest absolute Gasteiger partial charge is 0.496 e. The van der Waals surface area contributed by atoms with E-state index in [4.69, 9.17) is 4.74 Å². The van der Waals surface area contributed by atoms with E-state index in [0.717, 1.165) is 22.0 Å². The van der Waals surface area contributed by atoms with Crippen molar-refractivity contribution in [3.05, 3.63) is 59.2 Å². The Kier molecular flexibility index (Phi) is 4.42. The number of ether oxygens (including phenoxy) is 1. The van der Waals surface area contributed by atoms with Crippen molar-refractivity contribution in [2.45, 2.75) is 20.0 Å². The molecule has 1 unspecified atom stereocenters. The maximum absolute atomic E-state index is 11.4. The summed E-state index contributed by atoms with van der Waals surface area (Å²) in [6.45, 7) is 3.69. The van der Waals surface area contributed by atoms with E-state index in [9.17, 15) is 15.0 Å². The Bertz CT molecular complexity index is 963. The van der Waals surface area contributed by atoms with Crippen LogP contribution in [0.1, 0.15) is 34.5 Å². The smallest absolute Gasteiger partial charge is 0.339 e. The van der Waals surface area contributed by atoms with Crippen molar-refractivity contribution in [2.24, 2.45) is 0 Å². The Morgan fingerprint density at radius 1 is 1.16 bits per heavy atom. The molecule has 3 rings (SSSR count). The van der Waals surface area contributed by atoms with Crippen molar-refractivity contribution in [2.75, 3.05) is 7.11 Å². The van der Waals surface area contributed by atoms with E-state index >= 15 is 0 Å². The molecule has 0 saturated carbocycles. The second kappa shape index (κ2) is 6.53. The molecule has 1 aromatic heterocycles. The van der Waals surface area contributed by atoms with Crippen LogP contribution in [0.15, 0.2) is 42.5 Å². The molecule has 5 heteroatoms. The van der Waals surface area contributed by atoms with Crippen LogP contribution in [0.3, 0.4) is 0 Å². The van der Waals surface area contributed by atoms with Crippen LogP contribution in [0.4, 0.5) is 0 Å². The molecule has 3 aromatic rings. The summed E-state index contributed by atoms with van der Waals surface area (Å²) in [6.07, 6.45) is -0.574. The summed E-state index contributed by atoms with van der Waals surface area (Å²) >= 11 is 0. The molecular weight excluding hydrogens is 318 g/mol. The molecule has 25 heavy (non-hydrogen) atoms. The van der Waals surface area contributed by atoms with E-state index < -0.39 is 12.1 Å². The zero-order chi connectivity index (χ0) is 18.1. The van der Waals surface area contributed by atoms with E-state index in [1.165, 1.54) is 7.11 Å². The first kappa shape index (κ1) is 16.9. The lowest BCUT2D eigenvalue weighted by Crippen LogP contribution is -2.01. The monoisotopic (exact) mass is 337 g/mol. The molecule has 0 aliphatic carbocycles. The van der Waals surface area contributed by atoms with Gasteiger partial charge in [-0.1, -0.05) is 12.1 Å². The quantitative estimate of drug-likeness (QED) is 0.753. The Balaban J connectivity index is 2.18. The van der Waals surface area contributed by atoms with Crippen LogP contribution in [-0.4, -0.2) is 28.3 Å². The van der Waals surface area contributed by atoms with Crippen LogP contribution in [0.25, 0.3) is 22.2 Å². The zero-order valence-electron chi connectivity index (χ0n) is 14.3. The zero-order valence-corrected chi connectivity index (χ0v) is 14.3.